The quantitative estimate of drug-likeness (QED) is 0.936. The van der Waals surface area contributed by atoms with Crippen LogP contribution in [0, 0.1) is 0 Å². The predicted octanol–water partition coefficient (Wildman–Crippen LogP) is 2.25. The van der Waals surface area contributed by atoms with E-state index in [1.165, 1.54) is 0 Å². The first-order valence-electron chi connectivity index (χ1n) is 5.73. The molecule has 5 nitrogen and oxygen atoms in total. The molecule has 0 fully saturated rings. The van der Waals surface area contributed by atoms with Crippen LogP contribution in [0.15, 0.2) is 28.9 Å². The second-order valence-corrected chi connectivity index (χ2v) is 5.00. The minimum Gasteiger partial charge on any atom is -0.496 e. The minimum absolute atomic E-state index is 0.370. The standard InChI is InChI=1S/C13H16BrN3O2/c1-17-13(11(19-3)7-16-17)12(15)9-5-4-8(14)6-10(9)18-2/h4-7,12H,15H2,1-3H3. The Labute approximate surface area is 120 Å². The van der Waals surface area contributed by atoms with Crippen LogP contribution >= 0.6 is 15.9 Å². The number of hydrogen-bond acceptors (Lipinski definition) is 4. The Hall–Kier alpha value is -1.53. The van der Waals surface area contributed by atoms with Crippen molar-refractivity contribution < 1.29 is 9.47 Å². The van der Waals surface area contributed by atoms with Gasteiger partial charge in [-0.15, -0.1) is 0 Å². The lowest BCUT2D eigenvalue weighted by Crippen LogP contribution is -2.17. The number of halogens is 1. The van der Waals surface area contributed by atoms with Gasteiger partial charge in [-0.3, -0.25) is 4.68 Å². The largest absolute Gasteiger partial charge is 0.496 e. The first-order valence-corrected chi connectivity index (χ1v) is 6.52. The molecule has 0 aliphatic carbocycles. The zero-order valence-corrected chi connectivity index (χ0v) is 12.6. The molecule has 6 heteroatoms. The molecule has 2 N–H and O–H groups in total. The van der Waals surface area contributed by atoms with Gasteiger partial charge >= 0.3 is 0 Å². The van der Waals surface area contributed by atoms with E-state index >= 15 is 0 Å². The van der Waals surface area contributed by atoms with Gasteiger partial charge in [0.1, 0.15) is 11.4 Å². The fourth-order valence-corrected chi connectivity index (χ4v) is 2.37. The molecule has 1 heterocycles. The number of aromatic nitrogens is 2. The summed E-state index contributed by atoms with van der Waals surface area (Å²) in [6.07, 6.45) is 1.65. The van der Waals surface area contributed by atoms with Crippen molar-refractivity contribution in [2.75, 3.05) is 14.2 Å². The average molecular weight is 326 g/mol. The van der Waals surface area contributed by atoms with Crippen LogP contribution in [-0.4, -0.2) is 24.0 Å². The van der Waals surface area contributed by atoms with Crippen LogP contribution in [0.3, 0.4) is 0 Å². The fourth-order valence-electron chi connectivity index (χ4n) is 2.03. The molecular formula is C13H16BrN3O2. The third kappa shape index (κ3) is 2.59. The molecule has 0 aliphatic heterocycles. The summed E-state index contributed by atoms with van der Waals surface area (Å²) in [5.74, 6) is 1.39. The van der Waals surface area contributed by atoms with E-state index in [-0.39, 0.29) is 6.04 Å². The maximum Gasteiger partial charge on any atom is 0.161 e. The Morgan fingerprint density at radius 3 is 2.58 bits per heavy atom. The van der Waals surface area contributed by atoms with E-state index in [0.717, 1.165) is 21.5 Å². The molecule has 0 radical (unpaired) electrons. The maximum atomic E-state index is 6.33. The van der Waals surface area contributed by atoms with Crippen molar-refractivity contribution in [1.29, 1.82) is 0 Å². The normalized spacial score (nSPS) is 12.3. The Kier molecular flexibility index (Phi) is 4.11. The van der Waals surface area contributed by atoms with Gasteiger partial charge in [0.25, 0.3) is 0 Å². The highest BCUT2D eigenvalue weighted by atomic mass is 79.9. The molecule has 1 atom stereocenters. The van der Waals surface area contributed by atoms with Gasteiger partial charge in [0.15, 0.2) is 5.75 Å². The Morgan fingerprint density at radius 1 is 1.26 bits per heavy atom. The van der Waals surface area contributed by atoms with E-state index in [0.29, 0.717) is 5.75 Å². The molecule has 1 aromatic heterocycles. The summed E-state index contributed by atoms with van der Waals surface area (Å²) in [4.78, 5) is 0. The number of nitrogens with zero attached hydrogens (tertiary/aromatic N) is 2. The first kappa shape index (κ1) is 13.9. The number of methoxy groups -OCH3 is 2. The van der Waals surface area contributed by atoms with Crippen molar-refractivity contribution in [3.8, 4) is 11.5 Å². The third-order valence-corrected chi connectivity index (χ3v) is 3.49. The maximum absolute atomic E-state index is 6.33. The van der Waals surface area contributed by atoms with Crippen LogP contribution in [0.1, 0.15) is 17.3 Å². The zero-order chi connectivity index (χ0) is 14.0. The Balaban J connectivity index is 2.49. The minimum atomic E-state index is -0.370. The summed E-state index contributed by atoms with van der Waals surface area (Å²) in [7, 11) is 5.06. The van der Waals surface area contributed by atoms with Crippen molar-refractivity contribution in [3.63, 3.8) is 0 Å². The van der Waals surface area contributed by atoms with Crippen LogP contribution < -0.4 is 15.2 Å². The third-order valence-electron chi connectivity index (χ3n) is 2.99. The Bertz CT molecular complexity index is 583. The van der Waals surface area contributed by atoms with Gasteiger partial charge in [-0.1, -0.05) is 22.0 Å². The van der Waals surface area contributed by atoms with Gasteiger partial charge < -0.3 is 15.2 Å². The van der Waals surface area contributed by atoms with Crippen molar-refractivity contribution in [2.24, 2.45) is 12.8 Å². The second-order valence-electron chi connectivity index (χ2n) is 4.09. The number of aryl methyl sites for hydroxylation is 1. The van der Waals surface area contributed by atoms with E-state index in [1.807, 2.05) is 25.2 Å². The van der Waals surface area contributed by atoms with Gasteiger partial charge in [0.05, 0.1) is 26.5 Å². The number of hydrogen-bond donors (Lipinski definition) is 1. The highest BCUT2D eigenvalue weighted by Gasteiger charge is 2.21. The van der Waals surface area contributed by atoms with Gasteiger partial charge in [0, 0.05) is 17.1 Å². The van der Waals surface area contributed by atoms with Gasteiger partial charge in [0.2, 0.25) is 0 Å². The molecule has 0 bridgehead atoms. The smallest absolute Gasteiger partial charge is 0.161 e. The lowest BCUT2D eigenvalue weighted by atomic mass is 10.0. The lowest BCUT2D eigenvalue weighted by Gasteiger charge is -2.17. The van der Waals surface area contributed by atoms with Crippen molar-refractivity contribution >= 4 is 15.9 Å². The van der Waals surface area contributed by atoms with Crippen LogP contribution in [0.25, 0.3) is 0 Å². The summed E-state index contributed by atoms with van der Waals surface area (Å²) < 4.78 is 13.3. The van der Waals surface area contributed by atoms with E-state index in [1.54, 1.807) is 25.1 Å². The topological polar surface area (TPSA) is 62.3 Å². The Morgan fingerprint density at radius 2 is 1.95 bits per heavy atom. The van der Waals surface area contributed by atoms with E-state index < -0.39 is 0 Å². The molecule has 102 valence electrons. The van der Waals surface area contributed by atoms with E-state index in [4.69, 9.17) is 15.2 Å². The van der Waals surface area contributed by atoms with Crippen molar-refractivity contribution in [2.45, 2.75) is 6.04 Å². The van der Waals surface area contributed by atoms with Gasteiger partial charge in [-0.2, -0.15) is 5.10 Å². The van der Waals surface area contributed by atoms with E-state index in [9.17, 15) is 0 Å². The van der Waals surface area contributed by atoms with Crippen molar-refractivity contribution in [1.82, 2.24) is 9.78 Å². The highest BCUT2D eigenvalue weighted by Crippen LogP contribution is 2.34. The molecule has 2 rings (SSSR count). The highest BCUT2D eigenvalue weighted by molar-refractivity contribution is 9.10. The second kappa shape index (κ2) is 5.63. The molecule has 0 saturated heterocycles. The van der Waals surface area contributed by atoms with Crippen LogP contribution in [0.2, 0.25) is 0 Å². The molecule has 2 aromatic rings. The molecule has 1 aromatic carbocycles. The summed E-state index contributed by atoms with van der Waals surface area (Å²) >= 11 is 3.41. The SMILES string of the molecule is COc1cc(Br)ccc1C(N)c1c(OC)cnn1C. The molecule has 0 aliphatic rings. The molecule has 0 saturated carbocycles. The first-order chi connectivity index (χ1) is 9.08. The fraction of sp³-hybridized carbons (Fsp3) is 0.308. The number of ether oxygens (including phenoxy) is 2. The number of nitrogens with two attached hydrogens (primary N) is 1. The number of benzene rings is 1. The van der Waals surface area contributed by atoms with Gasteiger partial charge in [-0.05, 0) is 12.1 Å². The number of rotatable bonds is 4. The summed E-state index contributed by atoms with van der Waals surface area (Å²) in [5, 5.41) is 4.17. The molecule has 19 heavy (non-hydrogen) atoms. The average Bonchev–Trinajstić information content (AvgIpc) is 2.78. The zero-order valence-electron chi connectivity index (χ0n) is 11.1. The predicted molar refractivity (Wildman–Crippen MR) is 76.5 cm³/mol. The monoisotopic (exact) mass is 325 g/mol. The molecule has 0 amide bonds. The van der Waals surface area contributed by atoms with Gasteiger partial charge in [-0.25, -0.2) is 0 Å². The van der Waals surface area contributed by atoms with E-state index in [2.05, 4.69) is 21.0 Å². The van der Waals surface area contributed by atoms with Crippen molar-refractivity contribution in [3.05, 3.63) is 40.1 Å². The van der Waals surface area contributed by atoms with Crippen LogP contribution in [-0.2, 0) is 7.05 Å². The van der Waals surface area contributed by atoms with Crippen LogP contribution in [0.5, 0.6) is 11.5 Å². The van der Waals surface area contributed by atoms with Crippen LogP contribution in [0.4, 0.5) is 0 Å². The molecule has 1 unspecified atom stereocenters. The summed E-state index contributed by atoms with van der Waals surface area (Å²) in [6.45, 7) is 0. The summed E-state index contributed by atoms with van der Waals surface area (Å²) in [6, 6.07) is 5.38. The molecule has 0 spiro atoms. The molecular weight excluding hydrogens is 310 g/mol. The summed E-state index contributed by atoms with van der Waals surface area (Å²) in [5.41, 5.74) is 8.02. The lowest BCUT2D eigenvalue weighted by molar-refractivity contribution is 0.398.